The monoisotopic (exact) mass is 277 g/mol. The van der Waals surface area contributed by atoms with Gasteiger partial charge in [0.15, 0.2) is 0 Å². The third-order valence-corrected chi connectivity index (χ3v) is 4.34. The average molecular weight is 278 g/mol. The van der Waals surface area contributed by atoms with Crippen LogP contribution in [0.25, 0.3) is 0 Å². The summed E-state index contributed by atoms with van der Waals surface area (Å²) in [6, 6.07) is 6.35. The molecule has 0 aromatic heterocycles. The molecule has 1 aromatic rings. The quantitative estimate of drug-likeness (QED) is 0.800. The molecule has 1 saturated carbocycles. The number of benzene rings is 1. The normalized spacial score (nSPS) is 27.8. The highest BCUT2D eigenvalue weighted by atomic mass is 35.5. The Morgan fingerprint density at radius 2 is 2.32 bits per heavy atom. The van der Waals surface area contributed by atoms with Crippen LogP contribution in [0, 0.1) is 11.8 Å². The van der Waals surface area contributed by atoms with Crippen molar-refractivity contribution in [1.82, 2.24) is 0 Å². The fourth-order valence-corrected chi connectivity index (χ4v) is 3.21. The third kappa shape index (κ3) is 2.59. The predicted molar refractivity (Wildman–Crippen MR) is 80.0 cm³/mol. The average Bonchev–Trinajstić information content (AvgIpc) is 2.76. The number of fused-ring (bicyclic) bond motifs is 1. The Morgan fingerprint density at radius 1 is 1.42 bits per heavy atom. The Labute approximate surface area is 119 Å². The largest absolute Gasteiger partial charge is 0.491 e. The summed E-state index contributed by atoms with van der Waals surface area (Å²) in [6.45, 7) is 2.86. The third-order valence-electron chi connectivity index (χ3n) is 4.11. The zero-order valence-electron chi connectivity index (χ0n) is 11.2. The van der Waals surface area contributed by atoms with Gasteiger partial charge in [-0.2, -0.15) is 0 Å². The first-order valence-corrected chi connectivity index (χ1v) is 7.51. The van der Waals surface area contributed by atoms with E-state index in [0.29, 0.717) is 12.0 Å². The minimum Gasteiger partial charge on any atom is -0.491 e. The Bertz CT molecular complexity index is 486. The molecule has 3 rings (SSSR count). The molecule has 0 bridgehead atoms. The minimum absolute atomic E-state index is 0.534. The van der Waals surface area contributed by atoms with Crippen LogP contribution < -0.4 is 10.1 Å². The first-order valence-electron chi connectivity index (χ1n) is 7.13. The molecule has 2 aliphatic carbocycles. The smallest absolute Gasteiger partial charge is 0.142 e. The molecule has 0 spiro atoms. The molecule has 0 heterocycles. The van der Waals surface area contributed by atoms with Crippen molar-refractivity contribution in [1.29, 1.82) is 0 Å². The molecule has 3 atom stereocenters. The van der Waals surface area contributed by atoms with Crippen molar-refractivity contribution in [3.8, 4) is 5.75 Å². The van der Waals surface area contributed by atoms with Crippen LogP contribution in [0.15, 0.2) is 30.4 Å². The van der Waals surface area contributed by atoms with Crippen LogP contribution in [-0.4, -0.2) is 12.6 Å². The molecule has 0 radical (unpaired) electrons. The molecule has 0 saturated heterocycles. The first kappa shape index (κ1) is 12.9. The Kier molecular flexibility index (Phi) is 3.69. The van der Waals surface area contributed by atoms with Crippen molar-refractivity contribution < 1.29 is 4.74 Å². The molecule has 1 N–H and O–H groups in total. The van der Waals surface area contributed by atoms with Gasteiger partial charge in [-0.3, -0.25) is 0 Å². The number of ether oxygens (including phenoxy) is 1. The van der Waals surface area contributed by atoms with E-state index < -0.39 is 0 Å². The number of hydrogen-bond acceptors (Lipinski definition) is 2. The summed E-state index contributed by atoms with van der Waals surface area (Å²) >= 11 is 6.10. The van der Waals surface area contributed by atoms with Crippen molar-refractivity contribution in [3.05, 3.63) is 35.4 Å². The lowest BCUT2D eigenvalue weighted by atomic mass is 9.71. The number of nitrogens with one attached hydrogen (secondary N) is 1. The molecule has 2 aliphatic rings. The molecule has 3 heteroatoms. The molecule has 1 fully saturated rings. The van der Waals surface area contributed by atoms with Crippen LogP contribution in [0.3, 0.4) is 0 Å². The zero-order chi connectivity index (χ0) is 13.2. The van der Waals surface area contributed by atoms with Gasteiger partial charge in [0.1, 0.15) is 5.75 Å². The van der Waals surface area contributed by atoms with E-state index in [1.54, 1.807) is 0 Å². The van der Waals surface area contributed by atoms with Crippen LogP contribution in [0.4, 0.5) is 5.69 Å². The SMILES string of the molecule is CCCOc1ccc(Cl)cc1NC1CC2CC=CC21. The van der Waals surface area contributed by atoms with E-state index in [9.17, 15) is 0 Å². The molecule has 0 amide bonds. The molecule has 1 aromatic carbocycles. The van der Waals surface area contributed by atoms with Gasteiger partial charge in [0.2, 0.25) is 0 Å². The van der Waals surface area contributed by atoms with Gasteiger partial charge in [0, 0.05) is 17.0 Å². The topological polar surface area (TPSA) is 21.3 Å². The molecular weight excluding hydrogens is 258 g/mol. The van der Waals surface area contributed by atoms with Crippen molar-refractivity contribution in [2.45, 2.75) is 32.2 Å². The lowest BCUT2D eigenvalue weighted by Gasteiger charge is -2.41. The maximum absolute atomic E-state index is 6.10. The fraction of sp³-hybridized carbons (Fsp3) is 0.500. The van der Waals surface area contributed by atoms with Crippen molar-refractivity contribution in [2.75, 3.05) is 11.9 Å². The second kappa shape index (κ2) is 5.46. The number of halogens is 1. The van der Waals surface area contributed by atoms with Gasteiger partial charge >= 0.3 is 0 Å². The minimum atomic E-state index is 0.534. The van der Waals surface area contributed by atoms with Crippen LogP contribution in [0.5, 0.6) is 5.75 Å². The van der Waals surface area contributed by atoms with Gasteiger partial charge in [0.05, 0.1) is 12.3 Å². The summed E-state index contributed by atoms with van der Waals surface area (Å²) in [5.74, 6) is 2.46. The summed E-state index contributed by atoms with van der Waals surface area (Å²) < 4.78 is 5.78. The van der Waals surface area contributed by atoms with Gasteiger partial charge in [-0.05, 0) is 43.4 Å². The zero-order valence-corrected chi connectivity index (χ0v) is 12.0. The van der Waals surface area contributed by atoms with E-state index >= 15 is 0 Å². The highest BCUT2D eigenvalue weighted by Gasteiger charge is 2.41. The number of hydrogen-bond donors (Lipinski definition) is 1. The lowest BCUT2D eigenvalue weighted by molar-refractivity contribution is 0.217. The highest BCUT2D eigenvalue weighted by molar-refractivity contribution is 6.30. The van der Waals surface area contributed by atoms with Gasteiger partial charge in [-0.1, -0.05) is 30.7 Å². The van der Waals surface area contributed by atoms with Crippen LogP contribution in [0.1, 0.15) is 26.2 Å². The highest BCUT2D eigenvalue weighted by Crippen LogP contribution is 2.45. The van der Waals surface area contributed by atoms with E-state index in [1.165, 1.54) is 12.8 Å². The maximum atomic E-state index is 6.10. The maximum Gasteiger partial charge on any atom is 0.142 e. The lowest BCUT2D eigenvalue weighted by Crippen LogP contribution is -2.43. The van der Waals surface area contributed by atoms with Crippen LogP contribution in [-0.2, 0) is 0 Å². The van der Waals surface area contributed by atoms with E-state index in [0.717, 1.165) is 35.4 Å². The van der Waals surface area contributed by atoms with Gasteiger partial charge < -0.3 is 10.1 Å². The van der Waals surface area contributed by atoms with Crippen LogP contribution >= 0.6 is 11.6 Å². The number of rotatable bonds is 5. The van der Waals surface area contributed by atoms with E-state index in [1.807, 2.05) is 18.2 Å². The van der Waals surface area contributed by atoms with Crippen molar-refractivity contribution in [2.24, 2.45) is 11.8 Å². The molecule has 19 heavy (non-hydrogen) atoms. The summed E-state index contributed by atoms with van der Waals surface area (Å²) in [5.41, 5.74) is 1.03. The van der Waals surface area contributed by atoms with Gasteiger partial charge in [0.25, 0.3) is 0 Å². The molecule has 2 nitrogen and oxygen atoms in total. The Hall–Kier alpha value is -1.15. The molecular formula is C16H20ClNO. The number of allylic oxidation sites excluding steroid dienone is 1. The number of anilines is 1. The van der Waals surface area contributed by atoms with Crippen molar-refractivity contribution >= 4 is 17.3 Å². The van der Waals surface area contributed by atoms with Crippen molar-refractivity contribution in [3.63, 3.8) is 0 Å². The van der Waals surface area contributed by atoms with Gasteiger partial charge in [-0.15, -0.1) is 0 Å². The summed E-state index contributed by atoms with van der Waals surface area (Å²) in [4.78, 5) is 0. The summed E-state index contributed by atoms with van der Waals surface area (Å²) in [6.07, 6.45) is 8.17. The second-order valence-corrected chi connectivity index (χ2v) is 5.91. The summed E-state index contributed by atoms with van der Waals surface area (Å²) in [7, 11) is 0. The van der Waals surface area contributed by atoms with E-state index in [2.05, 4.69) is 24.4 Å². The molecule has 0 aliphatic heterocycles. The Balaban J connectivity index is 1.72. The second-order valence-electron chi connectivity index (χ2n) is 5.48. The predicted octanol–water partition coefficient (Wildman–Crippen LogP) is 4.51. The van der Waals surface area contributed by atoms with E-state index in [-0.39, 0.29) is 0 Å². The van der Waals surface area contributed by atoms with Crippen LogP contribution in [0.2, 0.25) is 5.02 Å². The molecule has 3 unspecified atom stereocenters. The van der Waals surface area contributed by atoms with E-state index in [4.69, 9.17) is 16.3 Å². The first-order chi connectivity index (χ1) is 9.28. The summed E-state index contributed by atoms with van der Waals surface area (Å²) in [5, 5.41) is 4.36. The fourth-order valence-electron chi connectivity index (χ4n) is 3.04. The molecule has 102 valence electrons. The standard InChI is InChI=1S/C16H20ClNO/c1-2-8-19-16-7-6-12(17)10-15(16)18-14-9-11-4-3-5-13(11)14/h3,5-7,10-11,13-14,18H,2,4,8-9H2,1H3. The van der Waals surface area contributed by atoms with Gasteiger partial charge in [-0.25, -0.2) is 0 Å². The Morgan fingerprint density at radius 3 is 3.11 bits per heavy atom.